The van der Waals surface area contributed by atoms with Crippen molar-refractivity contribution in [2.45, 2.75) is 48.0 Å². The van der Waals surface area contributed by atoms with Crippen molar-refractivity contribution in [1.82, 2.24) is 4.90 Å². The molecular weight excluding hydrogens is 174 g/mol. The van der Waals surface area contributed by atoms with Crippen molar-refractivity contribution in [3.05, 3.63) is 0 Å². The fraction of sp³-hybridized carbons (Fsp3) is 0.917. The van der Waals surface area contributed by atoms with Gasteiger partial charge in [-0.25, -0.2) is 0 Å². The van der Waals surface area contributed by atoms with E-state index in [1.54, 1.807) is 6.92 Å². The Kier molecular flexibility index (Phi) is 5.17. The van der Waals surface area contributed by atoms with Crippen LogP contribution in [0.25, 0.3) is 0 Å². The van der Waals surface area contributed by atoms with Crippen LogP contribution < -0.4 is 0 Å². The highest BCUT2D eigenvalue weighted by atomic mass is 16.2. The lowest BCUT2D eigenvalue weighted by atomic mass is 9.92. The zero-order valence-electron chi connectivity index (χ0n) is 10.6. The molecule has 0 aromatic rings. The summed E-state index contributed by atoms with van der Waals surface area (Å²) in [5.74, 6) is 0.752. The Hall–Kier alpha value is -0.530. The number of amides is 1. The first-order valence-electron chi connectivity index (χ1n) is 5.48. The predicted octanol–water partition coefficient (Wildman–Crippen LogP) is 2.93. The van der Waals surface area contributed by atoms with Crippen LogP contribution >= 0.6 is 0 Å². The first-order valence-corrected chi connectivity index (χ1v) is 5.48. The smallest absolute Gasteiger partial charge is 0.219 e. The maximum Gasteiger partial charge on any atom is 0.219 e. The van der Waals surface area contributed by atoms with E-state index >= 15 is 0 Å². The van der Waals surface area contributed by atoms with Crippen LogP contribution in [0.3, 0.4) is 0 Å². The zero-order valence-corrected chi connectivity index (χ0v) is 10.6. The van der Waals surface area contributed by atoms with E-state index in [0.29, 0.717) is 11.3 Å². The molecule has 0 unspecified atom stereocenters. The lowest BCUT2D eigenvalue weighted by Crippen LogP contribution is -2.34. The van der Waals surface area contributed by atoms with Crippen LogP contribution in [0.15, 0.2) is 0 Å². The third kappa shape index (κ3) is 6.93. The third-order valence-electron chi connectivity index (χ3n) is 2.16. The number of carbonyl (C=O) groups excluding carboxylic acids is 1. The first kappa shape index (κ1) is 13.5. The first-order chi connectivity index (χ1) is 6.22. The summed E-state index contributed by atoms with van der Waals surface area (Å²) in [6.45, 7) is 14.3. The van der Waals surface area contributed by atoms with Gasteiger partial charge >= 0.3 is 0 Å². The SMILES string of the molecule is CC(=O)N(CCC(C)(C)C)CC(C)C. The third-order valence-corrected chi connectivity index (χ3v) is 2.16. The van der Waals surface area contributed by atoms with Gasteiger partial charge in [0.2, 0.25) is 5.91 Å². The van der Waals surface area contributed by atoms with Gasteiger partial charge in [-0.2, -0.15) is 0 Å². The highest BCUT2D eigenvalue weighted by molar-refractivity contribution is 5.73. The molecule has 0 saturated carbocycles. The van der Waals surface area contributed by atoms with Crippen molar-refractivity contribution >= 4 is 5.91 Å². The molecule has 0 aliphatic carbocycles. The average Bonchev–Trinajstić information content (AvgIpc) is 1.94. The van der Waals surface area contributed by atoms with Gasteiger partial charge in [0.25, 0.3) is 0 Å². The van der Waals surface area contributed by atoms with Gasteiger partial charge in [0.1, 0.15) is 0 Å². The Morgan fingerprint density at radius 3 is 2.07 bits per heavy atom. The summed E-state index contributed by atoms with van der Waals surface area (Å²) < 4.78 is 0. The minimum absolute atomic E-state index is 0.197. The standard InChI is InChI=1S/C12H25NO/c1-10(2)9-13(11(3)14)8-7-12(4,5)6/h10H,7-9H2,1-6H3. The topological polar surface area (TPSA) is 20.3 Å². The second-order valence-corrected chi connectivity index (χ2v) is 5.67. The Balaban J connectivity index is 4.05. The monoisotopic (exact) mass is 199 g/mol. The van der Waals surface area contributed by atoms with Crippen LogP contribution in [0.4, 0.5) is 0 Å². The van der Waals surface area contributed by atoms with Crippen molar-refractivity contribution < 1.29 is 4.79 Å². The zero-order chi connectivity index (χ0) is 11.4. The van der Waals surface area contributed by atoms with Crippen molar-refractivity contribution in [1.29, 1.82) is 0 Å². The van der Waals surface area contributed by atoms with E-state index in [2.05, 4.69) is 34.6 Å². The van der Waals surface area contributed by atoms with Crippen LogP contribution in [0.1, 0.15) is 48.0 Å². The molecule has 0 N–H and O–H groups in total. The molecule has 14 heavy (non-hydrogen) atoms. The molecule has 0 saturated heterocycles. The van der Waals surface area contributed by atoms with Crippen molar-refractivity contribution in [2.75, 3.05) is 13.1 Å². The van der Waals surface area contributed by atoms with E-state index in [9.17, 15) is 4.79 Å². The molecule has 0 radical (unpaired) electrons. The van der Waals surface area contributed by atoms with Gasteiger partial charge < -0.3 is 4.90 Å². The van der Waals surface area contributed by atoms with Crippen molar-refractivity contribution in [3.8, 4) is 0 Å². The minimum Gasteiger partial charge on any atom is -0.343 e. The number of hydrogen-bond donors (Lipinski definition) is 0. The summed E-state index contributed by atoms with van der Waals surface area (Å²) in [5.41, 5.74) is 0.310. The van der Waals surface area contributed by atoms with E-state index in [-0.39, 0.29) is 5.91 Å². The van der Waals surface area contributed by atoms with Crippen LogP contribution in [0, 0.1) is 11.3 Å². The molecule has 1 amide bonds. The molecule has 0 fully saturated rings. The van der Waals surface area contributed by atoms with Gasteiger partial charge in [-0.15, -0.1) is 0 Å². The summed E-state index contributed by atoms with van der Waals surface area (Å²) in [5, 5.41) is 0. The van der Waals surface area contributed by atoms with Crippen molar-refractivity contribution in [3.63, 3.8) is 0 Å². The number of hydrogen-bond acceptors (Lipinski definition) is 1. The highest BCUT2D eigenvalue weighted by Crippen LogP contribution is 2.19. The van der Waals surface area contributed by atoms with Gasteiger partial charge in [0.05, 0.1) is 0 Å². The van der Waals surface area contributed by atoms with Gasteiger partial charge in [-0.3, -0.25) is 4.79 Å². The number of nitrogens with zero attached hydrogens (tertiary/aromatic N) is 1. The Labute approximate surface area is 88.7 Å². The quantitative estimate of drug-likeness (QED) is 0.681. The number of rotatable bonds is 4. The molecule has 0 aromatic heterocycles. The summed E-state index contributed by atoms with van der Waals surface area (Å²) in [7, 11) is 0. The molecule has 0 aliphatic heterocycles. The van der Waals surface area contributed by atoms with Crippen molar-refractivity contribution in [2.24, 2.45) is 11.3 Å². The Morgan fingerprint density at radius 2 is 1.79 bits per heavy atom. The van der Waals surface area contributed by atoms with E-state index in [0.717, 1.165) is 19.5 Å². The second-order valence-electron chi connectivity index (χ2n) is 5.67. The van der Waals surface area contributed by atoms with Crippen LogP contribution in [-0.2, 0) is 4.79 Å². The van der Waals surface area contributed by atoms with E-state index in [1.807, 2.05) is 4.90 Å². The number of carbonyl (C=O) groups is 1. The normalized spacial score (nSPS) is 11.9. The second kappa shape index (κ2) is 5.38. The van der Waals surface area contributed by atoms with Gasteiger partial charge in [0.15, 0.2) is 0 Å². The molecule has 0 bridgehead atoms. The lowest BCUT2D eigenvalue weighted by molar-refractivity contribution is -0.129. The average molecular weight is 199 g/mol. The molecule has 0 spiro atoms. The maximum absolute atomic E-state index is 11.3. The Morgan fingerprint density at radius 1 is 1.29 bits per heavy atom. The summed E-state index contributed by atoms with van der Waals surface area (Å²) in [6.07, 6.45) is 1.07. The predicted molar refractivity (Wildman–Crippen MR) is 61.2 cm³/mol. The summed E-state index contributed by atoms with van der Waals surface area (Å²) >= 11 is 0. The maximum atomic E-state index is 11.3. The molecule has 0 atom stereocenters. The van der Waals surface area contributed by atoms with E-state index < -0.39 is 0 Å². The van der Waals surface area contributed by atoms with Crippen LogP contribution in [0.5, 0.6) is 0 Å². The van der Waals surface area contributed by atoms with E-state index in [4.69, 9.17) is 0 Å². The molecule has 84 valence electrons. The fourth-order valence-corrected chi connectivity index (χ4v) is 1.29. The molecule has 2 nitrogen and oxygen atoms in total. The summed E-state index contributed by atoms with van der Waals surface area (Å²) in [6, 6.07) is 0. The molecule has 0 aliphatic rings. The van der Waals surface area contributed by atoms with Gasteiger partial charge in [-0.05, 0) is 17.8 Å². The van der Waals surface area contributed by atoms with Gasteiger partial charge in [0, 0.05) is 20.0 Å². The highest BCUT2D eigenvalue weighted by Gasteiger charge is 2.15. The lowest BCUT2D eigenvalue weighted by Gasteiger charge is -2.27. The largest absolute Gasteiger partial charge is 0.343 e. The Bertz CT molecular complexity index is 179. The van der Waals surface area contributed by atoms with Crippen LogP contribution in [0.2, 0.25) is 0 Å². The molecular formula is C12H25NO. The summed E-state index contributed by atoms with van der Waals surface area (Å²) in [4.78, 5) is 13.3. The van der Waals surface area contributed by atoms with Gasteiger partial charge in [-0.1, -0.05) is 34.6 Å². The molecule has 2 heteroatoms. The van der Waals surface area contributed by atoms with Crippen LogP contribution in [-0.4, -0.2) is 23.9 Å². The minimum atomic E-state index is 0.197. The molecule has 0 aromatic carbocycles. The molecule has 0 heterocycles. The van der Waals surface area contributed by atoms with E-state index in [1.165, 1.54) is 0 Å². The fourth-order valence-electron chi connectivity index (χ4n) is 1.29. The molecule has 0 rings (SSSR count).